The summed E-state index contributed by atoms with van der Waals surface area (Å²) in [5.74, 6) is -5.29. The second-order valence-electron chi connectivity index (χ2n) is 10.4. The van der Waals surface area contributed by atoms with Gasteiger partial charge in [-0.2, -0.15) is 0 Å². The van der Waals surface area contributed by atoms with Crippen LogP contribution in [-0.4, -0.2) is 86.2 Å². The van der Waals surface area contributed by atoms with Gasteiger partial charge in [0.25, 0.3) is 0 Å². The molecule has 0 aromatic rings. The van der Waals surface area contributed by atoms with E-state index in [0.717, 1.165) is 12.6 Å². The predicted molar refractivity (Wildman–Crippen MR) is 129 cm³/mol. The lowest BCUT2D eigenvalue weighted by atomic mass is 9.60. The van der Waals surface area contributed by atoms with Crippen LogP contribution in [0.4, 0.5) is 0 Å². The number of ketones is 3. The van der Waals surface area contributed by atoms with Crippen LogP contribution < -0.4 is 5.32 Å². The number of nitrogens with one attached hydrogen (secondary N) is 1. The van der Waals surface area contributed by atoms with Crippen molar-refractivity contribution in [1.82, 2.24) is 10.2 Å². The molecule has 0 heterocycles. The summed E-state index contributed by atoms with van der Waals surface area (Å²) in [4.78, 5) is 39.9. The maximum absolute atomic E-state index is 13.5. The van der Waals surface area contributed by atoms with E-state index in [9.17, 15) is 39.9 Å². The van der Waals surface area contributed by atoms with Crippen LogP contribution in [0.2, 0.25) is 0 Å². The molecule has 0 saturated heterocycles. The van der Waals surface area contributed by atoms with Crippen molar-refractivity contribution in [3.63, 3.8) is 0 Å². The molecule has 0 aromatic heterocycles. The molecule has 10 heteroatoms. The van der Waals surface area contributed by atoms with Gasteiger partial charge in [-0.25, -0.2) is 0 Å². The van der Waals surface area contributed by atoms with E-state index >= 15 is 0 Å². The maximum atomic E-state index is 13.5. The van der Waals surface area contributed by atoms with E-state index in [1.807, 2.05) is 25.9 Å². The van der Waals surface area contributed by atoms with Gasteiger partial charge in [-0.15, -0.1) is 0 Å². The number of hydrogen-bond donors (Lipinski definition) is 6. The van der Waals surface area contributed by atoms with E-state index in [-0.39, 0.29) is 37.0 Å². The smallest absolute Gasteiger partial charge is 0.184 e. The van der Waals surface area contributed by atoms with E-state index in [1.54, 1.807) is 0 Å². The minimum absolute atomic E-state index is 0.0236. The van der Waals surface area contributed by atoms with Crippen molar-refractivity contribution in [3.8, 4) is 0 Å². The first-order chi connectivity index (χ1) is 16.8. The van der Waals surface area contributed by atoms with Crippen LogP contribution >= 0.6 is 0 Å². The number of aliphatic hydroxyl groups excluding tert-OH is 4. The van der Waals surface area contributed by atoms with E-state index in [2.05, 4.69) is 5.32 Å². The topological polar surface area (TPSA) is 168 Å². The SMILES string of the molecule is CCC(O)CNC1CC(N(C)C)=C2CC3CC4CC(=O)C(C(C)=O)=C(O)C4(O)C(O)=C3C(O)=C2C1=O. The van der Waals surface area contributed by atoms with Gasteiger partial charge in [0.2, 0.25) is 0 Å². The molecular formula is C26H34N2O8. The molecule has 10 nitrogen and oxygen atoms in total. The maximum Gasteiger partial charge on any atom is 0.184 e. The molecule has 4 aliphatic carbocycles. The lowest BCUT2D eigenvalue weighted by molar-refractivity contribution is -0.127. The molecule has 4 rings (SSSR count). The van der Waals surface area contributed by atoms with Crippen LogP contribution in [-0.2, 0) is 14.4 Å². The van der Waals surface area contributed by atoms with Gasteiger partial charge in [0.1, 0.15) is 22.9 Å². The molecule has 5 atom stereocenters. The highest BCUT2D eigenvalue weighted by atomic mass is 16.4. The molecule has 0 radical (unpaired) electrons. The number of rotatable bonds is 6. The van der Waals surface area contributed by atoms with E-state index < -0.39 is 69.8 Å². The molecule has 0 aliphatic heterocycles. The number of nitrogens with zero attached hydrogens (tertiary/aromatic N) is 1. The van der Waals surface area contributed by atoms with Gasteiger partial charge in [0, 0.05) is 50.7 Å². The quantitative estimate of drug-likeness (QED) is 0.291. The second kappa shape index (κ2) is 9.17. The third-order valence-corrected chi connectivity index (χ3v) is 8.01. The van der Waals surface area contributed by atoms with Gasteiger partial charge in [0.05, 0.1) is 17.7 Å². The molecule has 0 aromatic carbocycles. The molecule has 4 aliphatic rings. The number of fused-ring (bicyclic) bond motifs is 3. The fraction of sp³-hybridized carbons (Fsp3) is 0.577. The monoisotopic (exact) mass is 502 g/mol. The molecular weight excluding hydrogens is 468 g/mol. The third-order valence-electron chi connectivity index (χ3n) is 8.01. The molecule has 5 unspecified atom stereocenters. The van der Waals surface area contributed by atoms with E-state index in [0.29, 0.717) is 18.4 Å². The number of aliphatic hydroxyl groups is 5. The van der Waals surface area contributed by atoms with Crippen LogP contribution in [0.3, 0.4) is 0 Å². The van der Waals surface area contributed by atoms with Crippen molar-refractivity contribution in [3.05, 3.63) is 45.3 Å². The first kappa shape index (κ1) is 26.1. The Hall–Kier alpha value is -2.95. The second-order valence-corrected chi connectivity index (χ2v) is 10.4. The first-order valence-electron chi connectivity index (χ1n) is 12.3. The number of Topliss-reactive ketones (excluding diaryl/α,β-unsaturated/α-hetero) is 3. The average Bonchev–Trinajstić information content (AvgIpc) is 2.80. The normalized spacial score (nSPS) is 31.3. The van der Waals surface area contributed by atoms with Crippen LogP contribution in [0.15, 0.2) is 45.3 Å². The van der Waals surface area contributed by atoms with Crippen LogP contribution in [0.1, 0.15) is 46.0 Å². The van der Waals surface area contributed by atoms with Gasteiger partial charge in [-0.1, -0.05) is 6.92 Å². The Balaban J connectivity index is 1.88. The van der Waals surface area contributed by atoms with Crippen LogP contribution in [0.5, 0.6) is 0 Å². The molecule has 0 fully saturated rings. The highest BCUT2D eigenvalue weighted by molar-refractivity contribution is 6.20. The number of carbonyl (C=O) groups excluding carboxylic acids is 3. The van der Waals surface area contributed by atoms with Crippen molar-refractivity contribution < 1.29 is 39.9 Å². The van der Waals surface area contributed by atoms with Crippen molar-refractivity contribution in [2.45, 2.75) is 63.7 Å². The molecule has 0 bridgehead atoms. The molecule has 6 N–H and O–H groups in total. The average molecular weight is 503 g/mol. The summed E-state index contributed by atoms with van der Waals surface area (Å²) in [6.07, 6.45) is 0.409. The summed E-state index contributed by atoms with van der Waals surface area (Å²) < 4.78 is 0. The Bertz CT molecular complexity index is 1160. The zero-order valence-corrected chi connectivity index (χ0v) is 21.0. The minimum Gasteiger partial charge on any atom is -0.508 e. The Morgan fingerprint density at radius 2 is 1.81 bits per heavy atom. The van der Waals surface area contributed by atoms with Gasteiger partial charge < -0.3 is 35.7 Å². The Morgan fingerprint density at radius 1 is 1.14 bits per heavy atom. The molecule has 36 heavy (non-hydrogen) atoms. The Labute approximate surface area is 209 Å². The lowest BCUT2D eigenvalue weighted by Crippen LogP contribution is -2.53. The zero-order valence-electron chi connectivity index (χ0n) is 21.0. The van der Waals surface area contributed by atoms with E-state index in [4.69, 9.17) is 0 Å². The van der Waals surface area contributed by atoms with Crippen LogP contribution in [0.25, 0.3) is 0 Å². The van der Waals surface area contributed by atoms with Crippen molar-refractivity contribution >= 4 is 17.3 Å². The summed E-state index contributed by atoms with van der Waals surface area (Å²) in [6.45, 7) is 3.10. The van der Waals surface area contributed by atoms with Gasteiger partial charge >= 0.3 is 0 Å². The largest absolute Gasteiger partial charge is 0.508 e. The molecule has 196 valence electrons. The third kappa shape index (κ3) is 3.79. The summed E-state index contributed by atoms with van der Waals surface area (Å²) in [5.41, 5.74) is -1.56. The Morgan fingerprint density at radius 3 is 2.39 bits per heavy atom. The van der Waals surface area contributed by atoms with Crippen molar-refractivity contribution in [1.29, 1.82) is 0 Å². The molecule has 0 saturated carbocycles. The van der Waals surface area contributed by atoms with Gasteiger partial charge in [0.15, 0.2) is 23.0 Å². The minimum atomic E-state index is -2.42. The molecule has 0 spiro atoms. The van der Waals surface area contributed by atoms with E-state index in [1.165, 1.54) is 0 Å². The first-order valence-corrected chi connectivity index (χ1v) is 12.3. The summed E-state index contributed by atoms with van der Waals surface area (Å²) in [6, 6.07) is -0.715. The van der Waals surface area contributed by atoms with Crippen LogP contribution in [0, 0.1) is 11.8 Å². The number of carbonyl (C=O) groups is 3. The fourth-order valence-corrected chi connectivity index (χ4v) is 6.04. The predicted octanol–water partition coefficient (Wildman–Crippen LogP) is 1.27. The Kier molecular flexibility index (Phi) is 6.65. The number of allylic oxidation sites excluding steroid dienone is 3. The van der Waals surface area contributed by atoms with Gasteiger partial charge in [-0.05, 0) is 37.7 Å². The van der Waals surface area contributed by atoms with Crippen molar-refractivity contribution in [2.75, 3.05) is 20.6 Å². The standard InChI is InChI=1S/C26H34N2O8/c1-5-14(30)10-27-16-9-17(28(3)4)15-7-12-6-13-8-18(31)19(11(2)29)24(34)26(13,36)25(35)20(12)23(33)21(15)22(16)32/h12-14,16,27,30,33-36H,5-10H2,1-4H3. The highest BCUT2D eigenvalue weighted by Crippen LogP contribution is 2.55. The lowest BCUT2D eigenvalue weighted by Gasteiger charge is -2.47. The highest BCUT2D eigenvalue weighted by Gasteiger charge is 2.58. The zero-order chi connectivity index (χ0) is 26.7. The fourth-order valence-electron chi connectivity index (χ4n) is 6.04. The van der Waals surface area contributed by atoms with Crippen molar-refractivity contribution in [2.24, 2.45) is 11.8 Å². The summed E-state index contributed by atoms with van der Waals surface area (Å²) in [5, 5.41) is 57.9. The summed E-state index contributed by atoms with van der Waals surface area (Å²) >= 11 is 0. The molecule has 0 amide bonds. The summed E-state index contributed by atoms with van der Waals surface area (Å²) in [7, 11) is 3.66. The number of hydrogen-bond acceptors (Lipinski definition) is 10. The van der Waals surface area contributed by atoms with Gasteiger partial charge in [-0.3, -0.25) is 14.4 Å².